The fraction of sp³-hybridized carbons (Fsp3) is 0.429. The van der Waals surface area contributed by atoms with Crippen molar-refractivity contribution >= 4 is 28.0 Å². The summed E-state index contributed by atoms with van der Waals surface area (Å²) >= 11 is 0. The van der Waals surface area contributed by atoms with Crippen LogP contribution in [0.1, 0.15) is 19.4 Å². The molecule has 1 amide bonds. The maximum atomic E-state index is 12.7. The fourth-order valence-corrected chi connectivity index (χ4v) is 4.04. The van der Waals surface area contributed by atoms with Crippen molar-refractivity contribution in [2.75, 3.05) is 6.61 Å². The molecule has 1 aliphatic rings. The van der Waals surface area contributed by atoms with Crippen molar-refractivity contribution in [3.63, 3.8) is 0 Å². The van der Waals surface area contributed by atoms with Crippen LogP contribution in [-0.4, -0.2) is 77.7 Å². The topological polar surface area (TPSA) is 182 Å². The van der Waals surface area contributed by atoms with E-state index < -0.39 is 70.6 Å². The van der Waals surface area contributed by atoms with Crippen LogP contribution in [0.2, 0.25) is 0 Å². The first-order valence-corrected chi connectivity index (χ1v) is 11.6. The summed E-state index contributed by atoms with van der Waals surface area (Å²) in [4.78, 5) is 23.9. The predicted molar refractivity (Wildman–Crippen MR) is 118 cm³/mol. The zero-order valence-electron chi connectivity index (χ0n) is 18.0. The van der Waals surface area contributed by atoms with E-state index in [0.29, 0.717) is 5.56 Å². The molecule has 11 nitrogen and oxygen atoms in total. The second-order valence-electron chi connectivity index (χ2n) is 7.75. The monoisotopic (exact) mass is 484 g/mol. The number of aliphatic carboxylic acids is 1. The van der Waals surface area contributed by atoms with E-state index in [4.69, 9.17) is 4.74 Å². The zero-order valence-corrected chi connectivity index (χ0v) is 18.8. The van der Waals surface area contributed by atoms with Gasteiger partial charge in [0.25, 0.3) is 0 Å². The molecule has 182 valence electrons. The van der Waals surface area contributed by atoms with Gasteiger partial charge in [0.05, 0.1) is 18.7 Å². The van der Waals surface area contributed by atoms with Crippen LogP contribution in [0.25, 0.3) is 6.08 Å². The lowest BCUT2D eigenvalue weighted by Gasteiger charge is -2.40. The lowest BCUT2D eigenvalue weighted by Crippen LogP contribution is -2.64. The van der Waals surface area contributed by atoms with Gasteiger partial charge in [-0.1, -0.05) is 44.2 Å². The average Bonchev–Trinajstić information content (AvgIpc) is 2.77. The van der Waals surface area contributed by atoms with Crippen LogP contribution in [0.5, 0.6) is 0 Å². The van der Waals surface area contributed by atoms with Gasteiger partial charge in [0.2, 0.25) is 21.7 Å². The van der Waals surface area contributed by atoms with E-state index in [9.17, 15) is 38.4 Å². The number of benzene rings is 1. The molecule has 0 radical (unpaired) electrons. The number of carboxylic acid groups (broad SMARTS) is 1. The van der Waals surface area contributed by atoms with E-state index in [-0.39, 0.29) is 0 Å². The summed E-state index contributed by atoms with van der Waals surface area (Å²) in [6.07, 6.45) is -2.89. The summed E-state index contributed by atoms with van der Waals surface area (Å²) in [6, 6.07) is 5.89. The quantitative estimate of drug-likeness (QED) is 0.247. The molecule has 0 bridgehead atoms. The third kappa shape index (κ3) is 7.37. The number of hydrogen-bond donors (Lipinski definition) is 6. The van der Waals surface area contributed by atoms with Crippen molar-refractivity contribution in [3.8, 4) is 0 Å². The van der Waals surface area contributed by atoms with E-state index in [1.54, 1.807) is 44.2 Å². The van der Waals surface area contributed by atoms with Crippen LogP contribution in [-0.2, 0) is 24.3 Å². The summed E-state index contributed by atoms with van der Waals surface area (Å²) in [5, 5.41) is 42.3. The number of carboxylic acids is 1. The molecular formula is C21H28N2O9S. The number of nitrogens with one attached hydrogen (secondary N) is 2. The number of carbonyl (C=O) groups is 2. The largest absolute Gasteiger partial charge is 0.478 e. The van der Waals surface area contributed by atoms with Crippen LogP contribution in [0, 0.1) is 5.92 Å². The Bertz CT molecular complexity index is 992. The number of amides is 1. The second-order valence-corrected chi connectivity index (χ2v) is 9.35. The van der Waals surface area contributed by atoms with E-state index in [2.05, 4.69) is 10.0 Å². The first-order chi connectivity index (χ1) is 15.4. The highest BCUT2D eigenvalue weighted by Crippen LogP contribution is 2.24. The Morgan fingerprint density at radius 1 is 1.18 bits per heavy atom. The van der Waals surface area contributed by atoms with Gasteiger partial charge in [0.15, 0.2) is 0 Å². The minimum absolute atomic E-state index is 0.532. The zero-order chi connectivity index (χ0) is 24.8. The minimum Gasteiger partial charge on any atom is -0.478 e. The molecule has 1 aromatic carbocycles. The SMILES string of the molecule is CC(C)C(=O)N[C@H]1[C@H]([C@H](O)[C@H](O)CO)OC(C(=O)O)=C[C@@H]1NS(=O)(=O)C=Cc1ccccc1. The van der Waals surface area contributed by atoms with Gasteiger partial charge in [-0.2, -0.15) is 0 Å². The lowest BCUT2D eigenvalue weighted by atomic mass is 9.92. The molecule has 0 saturated heterocycles. The summed E-state index contributed by atoms with van der Waals surface area (Å²) < 4.78 is 33.0. The Morgan fingerprint density at radius 3 is 2.36 bits per heavy atom. The molecule has 12 heteroatoms. The second kappa shape index (κ2) is 11.4. The van der Waals surface area contributed by atoms with Crippen LogP contribution >= 0.6 is 0 Å². The molecule has 1 aromatic rings. The number of aliphatic hydroxyl groups excluding tert-OH is 3. The molecule has 1 heterocycles. The van der Waals surface area contributed by atoms with Crippen LogP contribution < -0.4 is 10.0 Å². The highest BCUT2D eigenvalue weighted by Gasteiger charge is 2.44. The van der Waals surface area contributed by atoms with E-state index >= 15 is 0 Å². The van der Waals surface area contributed by atoms with Crippen LogP contribution in [0.15, 0.2) is 47.6 Å². The van der Waals surface area contributed by atoms with Gasteiger partial charge in [-0.25, -0.2) is 17.9 Å². The number of ether oxygens (including phenoxy) is 1. The smallest absolute Gasteiger partial charge is 0.370 e. The van der Waals surface area contributed by atoms with E-state index in [1.807, 2.05) is 0 Å². The van der Waals surface area contributed by atoms with Crippen molar-refractivity contribution < 1.29 is 43.2 Å². The molecule has 0 spiro atoms. The fourth-order valence-electron chi connectivity index (χ4n) is 3.03. The predicted octanol–water partition coefficient (Wildman–Crippen LogP) is -0.832. The van der Waals surface area contributed by atoms with E-state index in [1.165, 1.54) is 6.08 Å². The summed E-state index contributed by atoms with van der Waals surface area (Å²) in [7, 11) is -4.16. The van der Waals surface area contributed by atoms with Gasteiger partial charge in [-0.15, -0.1) is 0 Å². The molecule has 0 fully saturated rings. The number of hydrogen-bond acceptors (Lipinski definition) is 8. The highest BCUT2D eigenvalue weighted by molar-refractivity contribution is 7.92. The molecule has 0 aliphatic carbocycles. The molecule has 1 aliphatic heterocycles. The minimum atomic E-state index is -4.16. The van der Waals surface area contributed by atoms with Gasteiger partial charge >= 0.3 is 5.97 Å². The normalized spacial score (nSPS) is 23.0. The molecule has 0 aromatic heterocycles. The summed E-state index contributed by atoms with van der Waals surface area (Å²) in [5.41, 5.74) is 0.598. The molecule has 6 N–H and O–H groups in total. The molecular weight excluding hydrogens is 456 g/mol. The molecule has 33 heavy (non-hydrogen) atoms. The average molecular weight is 485 g/mol. The molecule has 5 atom stereocenters. The maximum Gasteiger partial charge on any atom is 0.370 e. The van der Waals surface area contributed by atoms with Gasteiger partial charge in [-0.05, 0) is 17.7 Å². The van der Waals surface area contributed by atoms with Crippen molar-refractivity contribution in [1.29, 1.82) is 0 Å². The van der Waals surface area contributed by atoms with Gasteiger partial charge in [-0.3, -0.25) is 4.79 Å². The number of sulfonamides is 1. The van der Waals surface area contributed by atoms with Crippen molar-refractivity contribution in [1.82, 2.24) is 10.0 Å². The summed E-state index contributed by atoms with van der Waals surface area (Å²) in [5.74, 6) is -3.32. The standard InChI is InChI=1S/C21H28N2O9S/c1-12(2)20(27)22-17-14(23-33(30,31)9-8-13-6-4-3-5-7-13)10-16(21(28)29)32-19(17)18(26)15(25)11-24/h3-10,12,14-15,17-19,23-26H,11H2,1-2H3,(H,22,27)(H,28,29)/t14-,15+,17+,18+,19+/m0/s1. The Morgan fingerprint density at radius 2 is 1.82 bits per heavy atom. The van der Waals surface area contributed by atoms with Crippen LogP contribution in [0.3, 0.4) is 0 Å². The molecule has 2 rings (SSSR count). The third-order valence-electron chi connectivity index (χ3n) is 4.84. The molecule has 0 unspecified atom stereocenters. The Labute approximate surface area is 191 Å². The Kier molecular flexibility index (Phi) is 9.14. The first kappa shape index (κ1) is 26.5. The number of carbonyl (C=O) groups excluding carboxylic acids is 1. The van der Waals surface area contributed by atoms with Gasteiger partial charge in [0.1, 0.15) is 18.3 Å². The maximum absolute atomic E-state index is 12.7. The highest BCUT2D eigenvalue weighted by atomic mass is 32.2. The Hall–Kier alpha value is -2.77. The van der Waals surface area contributed by atoms with Gasteiger partial charge in [0, 0.05) is 11.3 Å². The number of aliphatic hydroxyl groups is 3. The Balaban J connectivity index is 2.43. The van der Waals surface area contributed by atoms with Crippen molar-refractivity contribution in [2.45, 2.75) is 44.2 Å². The molecule has 0 saturated carbocycles. The van der Waals surface area contributed by atoms with Crippen LogP contribution in [0.4, 0.5) is 0 Å². The van der Waals surface area contributed by atoms with Crippen molar-refractivity contribution in [2.24, 2.45) is 5.92 Å². The van der Waals surface area contributed by atoms with Crippen molar-refractivity contribution in [3.05, 3.63) is 53.1 Å². The third-order valence-corrected chi connectivity index (χ3v) is 5.93. The van der Waals surface area contributed by atoms with Gasteiger partial charge < -0.3 is 30.5 Å². The number of rotatable bonds is 10. The first-order valence-electron chi connectivity index (χ1n) is 10.1. The lowest BCUT2D eigenvalue weighted by molar-refractivity contribution is -0.146. The van der Waals surface area contributed by atoms with E-state index in [0.717, 1.165) is 11.5 Å². The summed E-state index contributed by atoms with van der Waals surface area (Å²) in [6.45, 7) is 2.27.